The lowest BCUT2D eigenvalue weighted by Crippen LogP contribution is -2.15. The summed E-state index contributed by atoms with van der Waals surface area (Å²) in [5, 5.41) is 3.14. The van der Waals surface area contributed by atoms with Crippen LogP contribution in [0.25, 0.3) is 0 Å². The maximum atomic E-state index is 11.8. The number of carbonyl (C=O) groups is 1. The normalized spacial score (nSPS) is 10.1. The molecule has 0 fully saturated rings. The number of pyridine rings is 2. The SMILES string of the molecule is Cc1cccnc1CC(=O)Nc1ccc(Cl)nc1. The molecule has 0 aliphatic carbocycles. The van der Waals surface area contributed by atoms with Crippen LogP contribution in [0.15, 0.2) is 36.7 Å². The number of amides is 1. The van der Waals surface area contributed by atoms with Gasteiger partial charge in [-0.05, 0) is 30.7 Å². The highest BCUT2D eigenvalue weighted by atomic mass is 35.5. The van der Waals surface area contributed by atoms with E-state index in [0.29, 0.717) is 10.8 Å². The molecule has 0 atom stereocenters. The average molecular weight is 262 g/mol. The Morgan fingerprint density at radius 2 is 2.17 bits per heavy atom. The number of nitrogens with one attached hydrogen (secondary N) is 1. The van der Waals surface area contributed by atoms with E-state index in [1.807, 2.05) is 19.1 Å². The highest BCUT2D eigenvalue weighted by Crippen LogP contribution is 2.11. The molecule has 5 heteroatoms. The number of hydrogen-bond donors (Lipinski definition) is 1. The fourth-order valence-corrected chi connectivity index (χ4v) is 1.62. The Kier molecular flexibility index (Phi) is 3.89. The van der Waals surface area contributed by atoms with E-state index in [4.69, 9.17) is 11.6 Å². The van der Waals surface area contributed by atoms with E-state index in [2.05, 4.69) is 15.3 Å². The smallest absolute Gasteiger partial charge is 0.230 e. The number of anilines is 1. The fraction of sp³-hybridized carbons (Fsp3) is 0.154. The predicted octanol–water partition coefficient (Wildman–Crippen LogP) is 2.62. The van der Waals surface area contributed by atoms with Gasteiger partial charge in [0.1, 0.15) is 5.15 Å². The van der Waals surface area contributed by atoms with Gasteiger partial charge in [-0.15, -0.1) is 0 Å². The van der Waals surface area contributed by atoms with Crippen molar-refractivity contribution in [3.63, 3.8) is 0 Å². The highest BCUT2D eigenvalue weighted by molar-refractivity contribution is 6.29. The summed E-state index contributed by atoms with van der Waals surface area (Å²) in [6.45, 7) is 1.93. The van der Waals surface area contributed by atoms with Gasteiger partial charge in [0, 0.05) is 6.20 Å². The maximum Gasteiger partial charge on any atom is 0.230 e. The van der Waals surface area contributed by atoms with Gasteiger partial charge in [-0.25, -0.2) is 4.98 Å². The van der Waals surface area contributed by atoms with E-state index in [9.17, 15) is 4.79 Å². The zero-order chi connectivity index (χ0) is 13.0. The number of hydrogen-bond acceptors (Lipinski definition) is 3. The molecule has 1 amide bonds. The van der Waals surface area contributed by atoms with Gasteiger partial charge < -0.3 is 5.32 Å². The Balaban J connectivity index is 2.01. The van der Waals surface area contributed by atoms with Crippen molar-refractivity contribution >= 4 is 23.2 Å². The van der Waals surface area contributed by atoms with Gasteiger partial charge in [0.25, 0.3) is 0 Å². The van der Waals surface area contributed by atoms with Crippen molar-refractivity contribution in [1.82, 2.24) is 9.97 Å². The number of halogens is 1. The summed E-state index contributed by atoms with van der Waals surface area (Å²) in [6.07, 6.45) is 3.44. The van der Waals surface area contributed by atoms with Crippen LogP contribution in [0.3, 0.4) is 0 Å². The van der Waals surface area contributed by atoms with Crippen LogP contribution in [0.1, 0.15) is 11.3 Å². The van der Waals surface area contributed by atoms with Crippen LogP contribution in [0.4, 0.5) is 5.69 Å². The van der Waals surface area contributed by atoms with Gasteiger partial charge in [0.05, 0.1) is 24.0 Å². The van der Waals surface area contributed by atoms with E-state index in [0.717, 1.165) is 11.3 Å². The zero-order valence-corrected chi connectivity index (χ0v) is 10.6. The lowest BCUT2D eigenvalue weighted by Gasteiger charge is -2.06. The fourth-order valence-electron chi connectivity index (χ4n) is 1.51. The molecule has 0 saturated heterocycles. The Morgan fingerprint density at radius 1 is 1.33 bits per heavy atom. The zero-order valence-electron chi connectivity index (χ0n) is 9.85. The summed E-state index contributed by atoms with van der Waals surface area (Å²) in [7, 11) is 0. The van der Waals surface area contributed by atoms with E-state index >= 15 is 0 Å². The van der Waals surface area contributed by atoms with Crippen LogP contribution in [-0.4, -0.2) is 15.9 Å². The summed E-state index contributed by atoms with van der Waals surface area (Å²) in [4.78, 5) is 19.9. The minimum Gasteiger partial charge on any atom is -0.324 e. The molecule has 0 aliphatic rings. The molecule has 4 nitrogen and oxygen atoms in total. The predicted molar refractivity (Wildman–Crippen MR) is 70.6 cm³/mol. The second-order valence-electron chi connectivity index (χ2n) is 3.86. The number of nitrogens with zero attached hydrogens (tertiary/aromatic N) is 2. The Hall–Kier alpha value is -1.94. The summed E-state index contributed by atoms with van der Waals surface area (Å²) in [5.41, 5.74) is 2.40. The van der Waals surface area contributed by atoms with Gasteiger partial charge in [0.15, 0.2) is 0 Å². The molecule has 0 unspecified atom stereocenters. The molecule has 2 rings (SSSR count). The van der Waals surface area contributed by atoms with Crippen LogP contribution in [-0.2, 0) is 11.2 Å². The van der Waals surface area contributed by atoms with E-state index in [1.165, 1.54) is 6.20 Å². The third-order valence-corrected chi connectivity index (χ3v) is 2.68. The topological polar surface area (TPSA) is 54.9 Å². The molecule has 0 spiro atoms. The number of rotatable bonds is 3. The quantitative estimate of drug-likeness (QED) is 0.864. The lowest BCUT2D eigenvalue weighted by molar-refractivity contribution is -0.115. The van der Waals surface area contributed by atoms with Crippen LogP contribution < -0.4 is 5.32 Å². The van der Waals surface area contributed by atoms with E-state index in [-0.39, 0.29) is 12.3 Å². The van der Waals surface area contributed by atoms with Crippen molar-refractivity contribution in [2.75, 3.05) is 5.32 Å². The monoisotopic (exact) mass is 261 g/mol. The summed E-state index contributed by atoms with van der Waals surface area (Å²) in [6, 6.07) is 7.11. The molecule has 2 heterocycles. The van der Waals surface area contributed by atoms with Gasteiger partial charge >= 0.3 is 0 Å². The molecule has 92 valence electrons. The molecule has 2 aromatic rings. The number of aryl methyl sites for hydroxylation is 1. The molecule has 0 aliphatic heterocycles. The van der Waals surface area contributed by atoms with Crippen molar-refractivity contribution in [1.29, 1.82) is 0 Å². The molecule has 2 aromatic heterocycles. The second kappa shape index (κ2) is 5.60. The summed E-state index contributed by atoms with van der Waals surface area (Å²) < 4.78 is 0. The first-order valence-electron chi connectivity index (χ1n) is 5.47. The van der Waals surface area contributed by atoms with Crippen molar-refractivity contribution in [3.05, 3.63) is 53.1 Å². The molecule has 18 heavy (non-hydrogen) atoms. The van der Waals surface area contributed by atoms with Crippen molar-refractivity contribution in [3.8, 4) is 0 Å². The third kappa shape index (κ3) is 3.28. The lowest BCUT2D eigenvalue weighted by atomic mass is 10.1. The van der Waals surface area contributed by atoms with Gasteiger partial charge in [-0.2, -0.15) is 0 Å². The molecular formula is C13H12ClN3O. The van der Waals surface area contributed by atoms with E-state index < -0.39 is 0 Å². The minimum absolute atomic E-state index is 0.124. The Labute approximate surface area is 110 Å². The molecule has 0 saturated carbocycles. The number of carbonyl (C=O) groups excluding carboxylic acids is 1. The molecule has 1 N–H and O–H groups in total. The third-order valence-electron chi connectivity index (χ3n) is 2.46. The Bertz CT molecular complexity index is 554. The van der Waals surface area contributed by atoms with Crippen molar-refractivity contribution in [2.24, 2.45) is 0 Å². The molecule has 0 aromatic carbocycles. The second-order valence-corrected chi connectivity index (χ2v) is 4.25. The van der Waals surface area contributed by atoms with Crippen molar-refractivity contribution in [2.45, 2.75) is 13.3 Å². The Morgan fingerprint density at radius 3 is 2.83 bits per heavy atom. The molecule has 0 bridgehead atoms. The van der Waals surface area contributed by atoms with Gasteiger partial charge in [-0.1, -0.05) is 17.7 Å². The first-order valence-corrected chi connectivity index (χ1v) is 5.85. The average Bonchev–Trinajstić information content (AvgIpc) is 2.35. The largest absolute Gasteiger partial charge is 0.324 e. The molecule has 0 radical (unpaired) electrons. The van der Waals surface area contributed by atoms with Crippen molar-refractivity contribution < 1.29 is 4.79 Å². The standard InChI is InChI=1S/C13H12ClN3O/c1-9-3-2-6-15-11(9)7-13(18)17-10-4-5-12(14)16-8-10/h2-6,8H,7H2,1H3,(H,17,18). The van der Waals surface area contributed by atoms with Crippen LogP contribution in [0.2, 0.25) is 5.15 Å². The van der Waals surface area contributed by atoms with Crippen LogP contribution in [0.5, 0.6) is 0 Å². The van der Waals surface area contributed by atoms with Gasteiger partial charge in [-0.3, -0.25) is 9.78 Å². The number of aromatic nitrogens is 2. The first-order chi connectivity index (χ1) is 8.65. The van der Waals surface area contributed by atoms with Gasteiger partial charge in [0.2, 0.25) is 5.91 Å². The first kappa shape index (κ1) is 12.5. The summed E-state index contributed by atoms with van der Waals surface area (Å²) >= 11 is 5.66. The summed E-state index contributed by atoms with van der Waals surface area (Å²) in [5.74, 6) is -0.124. The minimum atomic E-state index is -0.124. The van der Waals surface area contributed by atoms with Crippen LogP contribution >= 0.6 is 11.6 Å². The van der Waals surface area contributed by atoms with E-state index in [1.54, 1.807) is 18.3 Å². The van der Waals surface area contributed by atoms with Crippen LogP contribution in [0, 0.1) is 6.92 Å². The molecular weight excluding hydrogens is 250 g/mol. The highest BCUT2D eigenvalue weighted by Gasteiger charge is 2.07. The maximum absolute atomic E-state index is 11.8.